The molecule has 0 heterocycles. The molecule has 1 aromatic carbocycles. The average Bonchev–Trinajstić information content (AvgIpc) is 2.32. The number of benzene rings is 1. The van der Waals surface area contributed by atoms with Crippen LogP contribution in [0.5, 0.6) is 5.75 Å². The van der Waals surface area contributed by atoms with E-state index in [9.17, 15) is 5.11 Å². The van der Waals surface area contributed by atoms with Gasteiger partial charge in [0.1, 0.15) is 12.7 Å². The maximum atomic E-state index is 9.79. The smallest absolute Gasteiger partial charge is 0.156 e. The second kappa shape index (κ2) is 6.77. The largest absolute Gasteiger partial charge is 0.488 e. The van der Waals surface area contributed by atoms with Crippen LogP contribution in [-0.2, 0) is 0 Å². The molecule has 0 amide bonds. The highest BCUT2D eigenvalue weighted by molar-refractivity contribution is 6.37. The molecule has 4 nitrogen and oxygen atoms in total. The summed E-state index contributed by atoms with van der Waals surface area (Å²) in [6.07, 6.45) is 0.631. The van der Waals surface area contributed by atoms with Gasteiger partial charge in [0.15, 0.2) is 5.75 Å². The quantitative estimate of drug-likeness (QED) is 0.750. The molecule has 19 heavy (non-hydrogen) atoms. The van der Waals surface area contributed by atoms with Crippen molar-refractivity contribution in [2.45, 2.75) is 31.1 Å². The maximum absolute atomic E-state index is 9.79. The molecule has 0 aliphatic heterocycles. The number of para-hydroxylation sites is 1. The van der Waals surface area contributed by atoms with Crippen LogP contribution in [0.3, 0.4) is 0 Å². The van der Waals surface area contributed by atoms with Gasteiger partial charge in [0.25, 0.3) is 0 Å². The van der Waals surface area contributed by atoms with E-state index in [4.69, 9.17) is 33.0 Å². The molecule has 1 fully saturated rings. The molecule has 3 N–H and O–H groups in total. The van der Waals surface area contributed by atoms with Crippen molar-refractivity contribution in [3.8, 4) is 5.75 Å². The molecule has 0 radical (unpaired) electrons. The van der Waals surface area contributed by atoms with Crippen LogP contribution in [0.25, 0.3) is 0 Å². The lowest BCUT2D eigenvalue weighted by atomic mass is 9.89. The molecule has 1 atom stereocenters. The van der Waals surface area contributed by atoms with Crippen LogP contribution < -0.4 is 10.1 Å². The van der Waals surface area contributed by atoms with E-state index in [2.05, 4.69) is 5.32 Å². The van der Waals surface area contributed by atoms with Crippen LogP contribution in [0.15, 0.2) is 18.2 Å². The molecule has 6 heteroatoms. The van der Waals surface area contributed by atoms with Gasteiger partial charge in [-0.25, -0.2) is 0 Å². The number of ether oxygens (including phenoxy) is 1. The van der Waals surface area contributed by atoms with Gasteiger partial charge in [-0.05, 0) is 25.0 Å². The fraction of sp³-hybridized carbons (Fsp3) is 0.538. The Morgan fingerprint density at radius 2 is 1.95 bits per heavy atom. The summed E-state index contributed by atoms with van der Waals surface area (Å²) < 4.78 is 5.43. The van der Waals surface area contributed by atoms with E-state index in [-0.39, 0.29) is 18.8 Å². The average molecular weight is 306 g/mol. The molecular formula is C13H17Cl2NO3. The second-order valence-corrected chi connectivity index (χ2v) is 5.56. The van der Waals surface area contributed by atoms with Gasteiger partial charge in [-0.3, -0.25) is 0 Å². The Kier molecular flexibility index (Phi) is 5.30. The molecule has 0 spiro atoms. The van der Waals surface area contributed by atoms with E-state index in [0.29, 0.717) is 22.3 Å². The molecule has 0 saturated heterocycles. The highest BCUT2D eigenvalue weighted by atomic mass is 35.5. The minimum Gasteiger partial charge on any atom is -0.488 e. The number of hydrogen-bond acceptors (Lipinski definition) is 4. The van der Waals surface area contributed by atoms with Crippen LogP contribution in [-0.4, -0.2) is 41.6 Å². The summed E-state index contributed by atoms with van der Waals surface area (Å²) in [6, 6.07) is 5.39. The fourth-order valence-corrected chi connectivity index (χ4v) is 2.42. The minimum absolute atomic E-state index is 0.117. The van der Waals surface area contributed by atoms with Crippen molar-refractivity contribution >= 4 is 23.2 Å². The van der Waals surface area contributed by atoms with Crippen LogP contribution >= 0.6 is 23.2 Å². The summed E-state index contributed by atoms with van der Waals surface area (Å²) in [6.45, 7) is 0.533. The number of aliphatic hydroxyl groups excluding tert-OH is 2. The van der Waals surface area contributed by atoms with Gasteiger partial charge in [0.2, 0.25) is 0 Å². The molecule has 1 unspecified atom stereocenters. The topological polar surface area (TPSA) is 61.7 Å². The SMILES string of the molecule is OC(CNC1CC(O)C1)COc1c(Cl)cccc1Cl. The third-order valence-corrected chi connectivity index (χ3v) is 3.69. The molecule has 1 aromatic rings. The van der Waals surface area contributed by atoms with Crippen molar-refractivity contribution in [3.05, 3.63) is 28.2 Å². The number of rotatable bonds is 6. The Balaban J connectivity index is 1.72. The molecule has 1 aliphatic rings. The first-order chi connectivity index (χ1) is 9.06. The van der Waals surface area contributed by atoms with E-state index < -0.39 is 6.10 Å². The van der Waals surface area contributed by atoms with Crippen LogP contribution in [0.1, 0.15) is 12.8 Å². The number of nitrogens with one attached hydrogen (secondary N) is 1. The van der Waals surface area contributed by atoms with Crippen molar-refractivity contribution in [1.29, 1.82) is 0 Å². The standard InChI is InChI=1S/C13H17Cl2NO3/c14-11-2-1-3-12(15)13(11)19-7-10(18)6-16-8-4-9(17)5-8/h1-3,8-10,16-18H,4-7H2. The third-order valence-electron chi connectivity index (χ3n) is 3.09. The number of hydrogen-bond donors (Lipinski definition) is 3. The van der Waals surface area contributed by atoms with E-state index in [1.807, 2.05) is 0 Å². The predicted molar refractivity (Wildman–Crippen MR) is 75.0 cm³/mol. The van der Waals surface area contributed by atoms with Crippen molar-refractivity contribution in [2.75, 3.05) is 13.2 Å². The first kappa shape index (κ1) is 14.9. The fourth-order valence-electron chi connectivity index (χ4n) is 1.92. The van der Waals surface area contributed by atoms with E-state index >= 15 is 0 Å². The van der Waals surface area contributed by atoms with Gasteiger partial charge in [0.05, 0.1) is 16.1 Å². The molecular weight excluding hydrogens is 289 g/mol. The minimum atomic E-state index is -0.648. The number of aliphatic hydroxyl groups is 2. The molecule has 0 bridgehead atoms. The summed E-state index contributed by atoms with van der Waals surface area (Å²) in [5, 5.41) is 22.9. The zero-order valence-corrected chi connectivity index (χ0v) is 11.9. The van der Waals surface area contributed by atoms with E-state index in [0.717, 1.165) is 12.8 Å². The summed E-state index contributed by atoms with van der Waals surface area (Å²) in [5.74, 6) is 0.393. The Morgan fingerprint density at radius 1 is 1.32 bits per heavy atom. The predicted octanol–water partition coefficient (Wildman–Crippen LogP) is 1.85. The van der Waals surface area contributed by atoms with Gasteiger partial charge in [-0.1, -0.05) is 29.3 Å². The van der Waals surface area contributed by atoms with Crippen LogP contribution in [0.2, 0.25) is 10.0 Å². The normalized spacial score (nSPS) is 23.8. The number of halogens is 2. The highest BCUT2D eigenvalue weighted by Gasteiger charge is 2.26. The zero-order chi connectivity index (χ0) is 13.8. The summed E-state index contributed by atoms with van der Waals surface area (Å²) >= 11 is 11.9. The van der Waals surface area contributed by atoms with Gasteiger partial charge < -0.3 is 20.3 Å². The lowest BCUT2D eigenvalue weighted by molar-refractivity contribution is 0.0488. The van der Waals surface area contributed by atoms with Gasteiger partial charge in [-0.2, -0.15) is 0 Å². The molecule has 2 rings (SSSR count). The van der Waals surface area contributed by atoms with Gasteiger partial charge in [0, 0.05) is 12.6 Å². The molecule has 1 saturated carbocycles. The van der Waals surface area contributed by atoms with Gasteiger partial charge in [-0.15, -0.1) is 0 Å². The summed E-state index contributed by atoms with van der Waals surface area (Å²) in [4.78, 5) is 0. The highest BCUT2D eigenvalue weighted by Crippen LogP contribution is 2.32. The lowest BCUT2D eigenvalue weighted by Gasteiger charge is -2.32. The van der Waals surface area contributed by atoms with Crippen molar-refractivity contribution in [3.63, 3.8) is 0 Å². The van der Waals surface area contributed by atoms with Crippen molar-refractivity contribution < 1.29 is 14.9 Å². The van der Waals surface area contributed by atoms with E-state index in [1.165, 1.54) is 0 Å². The lowest BCUT2D eigenvalue weighted by Crippen LogP contribution is -2.47. The van der Waals surface area contributed by atoms with Crippen LogP contribution in [0, 0.1) is 0 Å². The Morgan fingerprint density at radius 3 is 2.53 bits per heavy atom. The molecule has 1 aliphatic carbocycles. The summed E-state index contributed by atoms with van der Waals surface area (Å²) in [7, 11) is 0. The van der Waals surface area contributed by atoms with Crippen LogP contribution in [0.4, 0.5) is 0 Å². The summed E-state index contributed by atoms with van der Waals surface area (Å²) in [5.41, 5.74) is 0. The first-order valence-electron chi connectivity index (χ1n) is 6.22. The molecule has 106 valence electrons. The Labute approximate surface area is 122 Å². The zero-order valence-electron chi connectivity index (χ0n) is 10.4. The maximum Gasteiger partial charge on any atom is 0.156 e. The second-order valence-electron chi connectivity index (χ2n) is 4.75. The van der Waals surface area contributed by atoms with Crippen molar-refractivity contribution in [1.82, 2.24) is 5.32 Å². The van der Waals surface area contributed by atoms with E-state index in [1.54, 1.807) is 18.2 Å². The first-order valence-corrected chi connectivity index (χ1v) is 6.98. The Bertz CT molecular complexity index is 404. The van der Waals surface area contributed by atoms with Crippen molar-refractivity contribution in [2.24, 2.45) is 0 Å². The Hall–Kier alpha value is -0.520. The third kappa shape index (κ3) is 4.23. The monoisotopic (exact) mass is 305 g/mol. The molecule has 0 aromatic heterocycles. The van der Waals surface area contributed by atoms with Gasteiger partial charge >= 0.3 is 0 Å².